The highest BCUT2D eigenvalue weighted by molar-refractivity contribution is 5.85. The summed E-state index contributed by atoms with van der Waals surface area (Å²) in [6, 6.07) is 0. The third-order valence-electron chi connectivity index (χ3n) is 4.30. The Labute approximate surface area is 111 Å². The Bertz CT molecular complexity index is 256. The molecule has 1 heterocycles. The second-order valence-corrected chi connectivity index (χ2v) is 5.64. The van der Waals surface area contributed by atoms with Crippen LogP contribution >= 0.6 is 0 Å². The number of likely N-dealkylation sites (tertiary alicyclic amines) is 1. The van der Waals surface area contributed by atoms with Crippen molar-refractivity contribution in [3.8, 4) is 0 Å². The number of nitrogens with zero attached hydrogens (tertiary/aromatic N) is 1. The molecule has 0 aliphatic carbocycles. The van der Waals surface area contributed by atoms with Gasteiger partial charge in [0.25, 0.3) is 0 Å². The molecule has 0 bridgehead atoms. The molecule has 0 aromatic rings. The van der Waals surface area contributed by atoms with E-state index in [-0.39, 0.29) is 5.91 Å². The summed E-state index contributed by atoms with van der Waals surface area (Å²) in [4.78, 5) is 14.4. The highest BCUT2D eigenvalue weighted by atomic mass is 16.2. The van der Waals surface area contributed by atoms with Gasteiger partial charge in [-0.1, -0.05) is 20.8 Å². The number of carbonyl (C=O) groups excluding carboxylic acids is 1. The van der Waals surface area contributed by atoms with Crippen molar-refractivity contribution in [1.82, 2.24) is 10.2 Å². The van der Waals surface area contributed by atoms with Crippen LogP contribution in [0.25, 0.3) is 0 Å². The summed E-state index contributed by atoms with van der Waals surface area (Å²) < 4.78 is 0. The standard InChI is InChI=1S/C14H29N3O/c1-4-14(15,5-2)13(18)16-8-11-17-9-6-12(3)7-10-17/h12H,4-11,15H2,1-3H3,(H,16,18). The largest absolute Gasteiger partial charge is 0.353 e. The molecule has 18 heavy (non-hydrogen) atoms. The number of hydrogen-bond acceptors (Lipinski definition) is 3. The van der Waals surface area contributed by atoms with Gasteiger partial charge in [-0.25, -0.2) is 0 Å². The predicted octanol–water partition coefficient (Wildman–Crippen LogP) is 1.35. The Morgan fingerprint density at radius 3 is 2.39 bits per heavy atom. The molecule has 1 saturated heterocycles. The molecule has 3 N–H and O–H groups in total. The van der Waals surface area contributed by atoms with Crippen molar-refractivity contribution in [2.75, 3.05) is 26.2 Å². The van der Waals surface area contributed by atoms with Crippen molar-refractivity contribution in [3.05, 3.63) is 0 Å². The molecule has 1 rings (SSSR count). The first-order valence-electron chi connectivity index (χ1n) is 7.31. The zero-order valence-corrected chi connectivity index (χ0v) is 12.2. The molecule has 0 aromatic carbocycles. The van der Waals surface area contributed by atoms with Gasteiger partial charge in [-0.2, -0.15) is 0 Å². The normalized spacial score (nSPS) is 18.9. The second-order valence-electron chi connectivity index (χ2n) is 5.64. The molecule has 0 atom stereocenters. The van der Waals surface area contributed by atoms with Crippen molar-refractivity contribution in [3.63, 3.8) is 0 Å². The van der Waals surface area contributed by atoms with Crippen LogP contribution in [0.1, 0.15) is 46.5 Å². The van der Waals surface area contributed by atoms with E-state index in [1.807, 2.05) is 13.8 Å². The highest BCUT2D eigenvalue weighted by Crippen LogP contribution is 2.15. The summed E-state index contributed by atoms with van der Waals surface area (Å²) in [7, 11) is 0. The van der Waals surface area contributed by atoms with E-state index in [2.05, 4.69) is 17.1 Å². The lowest BCUT2D eigenvalue weighted by molar-refractivity contribution is -0.126. The molecule has 4 heteroatoms. The summed E-state index contributed by atoms with van der Waals surface area (Å²) >= 11 is 0. The molecule has 106 valence electrons. The van der Waals surface area contributed by atoms with E-state index in [4.69, 9.17) is 5.73 Å². The van der Waals surface area contributed by atoms with Crippen molar-refractivity contribution in [2.24, 2.45) is 11.7 Å². The third kappa shape index (κ3) is 4.25. The Hall–Kier alpha value is -0.610. The number of nitrogens with two attached hydrogens (primary N) is 1. The van der Waals surface area contributed by atoms with Gasteiger partial charge in [0.05, 0.1) is 5.54 Å². The lowest BCUT2D eigenvalue weighted by Crippen LogP contribution is -2.54. The lowest BCUT2D eigenvalue weighted by atomic mass is 9.93. The first-order valence-corrected chi connectivity index (χ1v) is 7.31. The average Bonchev–Trinajstić information content (AvgIpc) is 2.40. The number of piperidine rings is 1. The van der Waals surface area contributed by atoms with E-state index in [1.165, 1.54) is 12.8 Å². The molecule has 0 saturated carbocycles. The highest BCUT2D eigenvalue weighted by Gasteiger charge is 2.29. The molecule has 0 aromatic heterocycles. The van der Waals surface area contributed by atoms with E-state index >= 15 is 0 Å². The fourth-order valence-corrected chi connectivity index (χ4v) is 2.36. The number of rotatable bonds is 6. The summed E-state index contributed by atoms with van der Waals surface area (Å²) in [5.41, 5.74) is 5.37. The SMILES string of the molecule is CCC(N)(CC)C(=O)NCCN1CCC(C)CC1. The topological polar surface area (TPSA) is 58.4 Å². The van der Waals surface area contributed by atoms with Crippen LogP contribution in [0.4, 0.5) is 0 Å². The minimum atomic E-state index is -0.684. The zero-order chi connectivity index (χ0) is 13.6. The smallest absolute Gasteiger partial charge is 0.240 e. The number of carbonyl (C=O) groups is 1. The maximum absolute atomic E-state index is 12.0. The third-order valence-corrected chi connectivity index (χ3v) is 4.30. The van der Waals surface area contributed by atoms with Gasteiger partial charge in [0.1, 0.15) is 0 Å². The van der Waals surface area contributed by atoms with E-state index in [9.17, 15) is 4.79 Å². The fraction of sp³-hybridized carbons (Fsp3) is 0.929. The quantitative estimate of drug-likeness (QED) is 0.753. The summed E-state index contributed by atoms with van der Waals surface area (Å²) in [5.74, 6) is 0.852. The monoisotopic (exact) mass is 255 g/mol. The number of nitrogens with one attached hydrogen (secondary N) is 1. The van der Waals surface area contributed by atoms with Gasteiger partial charge in [0, 0.05) is 13.1 Å². The van der Waals surface area contributed by atoms with Crippen LogP contribution in [0, 0.1) is 5.92 Å². The average molecular weight is 255 g/mol. The molecule has 1 aliphatic heterocycles. The van der Waals surface area contributed by atoms with E-state index in [1.54, 1.807) is 0 Å². The molecule has 0 spiro atoms. The minimum Gasteiger partial charge on any atom is -0.353 e. The van der Waals surface area contributed by atoms with Crippen LogP contribution in [0.3, 0.4) is 0 Å². The molecule has 4 nitrogen and oxygen atoms in total. The molecule has 0 radical (unpaired) electrons. The first-order chi connectivity index (χ1) is 8.51. The number of amides is 1. The van der Waals surface area contributed by atoms with Gasteiger partial charge in [-0.15, -0.1) is 0 Å². The summed E-state index contributed by atoms with van der Waals surface area (Å²) in [5, 5.41) is 2.98. The summed E-state index contributed by atoms with van der Waals surface area (Å²) in [6.45, 7) is 10.2. The Morgan fingerprint density at radius 2 is 1.89 bits per heavy atom. The van der Waals surface area contributed by atoms with Crippen LogP contribution in [0.15, 0.2) is 0 Å². The fourth-order valence-electron chi connectivity index (χ4n) is 2.36. The van der Waals surface area contributed by atoms with Crippen molar-refractivity contribution >= 4 is 5.91 Å². The molecule has 1 amide bonds. The van der Waals surface area contributed by atoms with Crippen LogP contribution < -0.4 is 11.1 Å². The lowest BCUT2D eigenvalue weighted by Gasteiger charge is -2.31. The van der Waals surface area contributed by atoms with Gasteiger partial charge in [0.2, 0.25) is 5.91 Å². The van der Waals surface area contributed by atoms with Crippen LogP contribution in [-0.4, -0.2) is 42.5 Å². The maximum Gasteiger partial charge on any atom is 0.240 e. The zero-order valence-electron chi connectivity index (χ0n) is 12.2. The summed E-state index contributed by atoms with van der Waals surface area (Å²) in [6.07, 6.45) is 3.94. The van der Waals surface area contributed by atoms with Gasteiger partial charge in [-0.05, 0) is 44.7 Å². The maximum atomic E-state index is 12.0. The van der Waals surface area contributed by atoms with Crippen molar-refractivity contribution in [1.29, 1.82) is 0 Å². The van der Waals surface area contributed by atoms with Crippen LogP contribution in [0.2, 0.25) is 0 Å². The van der Waals surface area contributed by atoms with Gasteiger partial charge in [0.15, 0.2) is 0 Å². The van der Waals surface area contributed by atoms with E-state index in [0.29, 0.717) is 19.4 Å². The number of hydrogen-bond donors (Lipinski definition) is 2. The molecule has 0 unspecified atom stereocenters. The Kier molecular flexibility index (Phi) is 6.09. The Morgan fingerprint density at radius 1 is 1.33 bits per heavy atom. The van der Waals surface area contributed by atoms with Gasteiger partial charge < -0.3 is 16.0 Å². The molecule has 1 aliphatic rings. The second kappa shape index (κ2) is 7.10. The molecular weight excluding hydrogens is 226 g/mol. The van der Waals surface area contributed by atoms with E-state index in [0.717, 1.165) is 25.6 Å². The Balaban J connectivity index is 2.23. The molecule has 1 fully saturated rings. The van der Waals surface area contributed by atoms with E-state index < -0.39 is 5.54 Å². The first kappa shape index (κ1) is 15.4. The molecular formula is C14H29N3O. The minimum absolute atomic E-state index is 0.00197. The van der Waals surface area contributed by atoms with Crippen LogP contribution in [-0.2, 0) is 4.79 Å². The van der Waals surface area contributed by atoms with Gasteiger partial charge in [-0.3, -0.25) is 4.79 Å². The van der Waals surface area contributed by atoms with Crippen molar-refractivity contribution in [2.45, 2.75) is 52.0 Å². The van der Waals surface area contributed by atoms with Crippen molar-refractivity contribution < 1.29 is 4.79 Å². The van der Waals surface area contributed by atoms with Gasteiger partial charge >= 0.3 is 0 Å². The predicted molar refractivity (Wildman–Crippen MR) is 75.3 cm³/mol. The van der Waals surface area contributed by atoms with Crippen LogP contribution in [0.5, 0.6) is 0 Å².